The highest BCUT2D eigenvalue weighted by molar-refractivity contribution is 6.31. The molecule has 0 atom stereocenters. The second kappa shape index (κ2) is 4.76. The van der Waals surface area contributed by atoms with Crippen molar-refractivity contribution >= 4 is 11.6 Å². The third kappa shape index (κ3) is 2.66. The Labute approximate surface area is 82.6 Å². The summed E-state index contributed by atoms with van der Waals surface area (Å²) in [6.07, 6.45) is 0. The van der Waals surface area contributed by atoms with E-state index in [1.54, 1.807) is 25.3 Å². The smallest absolute Gasteiger partial charge is 0.120 e. The van der Waals surface area contributed by atoms with Crippen LogP contribution >= 0.6 is 11.6 Å². The third-order valence-corrected chi connectivity index (χ3v) is 1.83. The van der Waals surface area contributed by atoms with Crippen molar-refractivity contribution in [1.82, 2.24) is 0 Å². The van der Waals surface area contributed by atoms with Crippen molar-refractivity contribution in [2.45, 2.75) is 0 Å². The largest absolute Gasteiger partial charge is 0.497 e. The van der Waals surface area contributed by atoms with Gasteiger partial charge < -0.3 is 10.5 Å². The minimum atomic E-state index is 0.327. The Morgan fingerprint density at radius 2 is 2.31 bits per heavy atom. The van der Waals surface area contributed by atoms with Crippen molar-refractivity contribution in [1.29, 1.82) is 0 Å². The molecular formula is C10H10ClNO. The molecule has 0 aromatic heterocycles. The number of halogens is 1. The van der Waals surface area contributed by atoms with Crippen LogP contribution < -0.4 is 10.5 Å². The highest BCUT2D eigenvalue weighted by Crippen LogP contribution is 2.20. The molecule has 2 N–H and O–H groups in total. The van der Waals surface area contributed by atoms with Gasteiger partial charge in [0.15, 0.2) is 0 Å². The predicted octanol–water partition coefficient (Wildman–Crippen LogP) is 1.66. The van der Waals surface area contributed by atoms with Crippen LogP contribution in [0.3, 0.4) is 0 Å². The van der Waals surface area contributed by atoms with E-state index in [-0.39, 0.29) is 0 Å². The Morgan fingerprint density at radius 1 is 1.54 bits per heavy atom. The Hall–Kier alpha value is -1.17. The standard InChI is InChI=1S/C10H10ClNO/c1-13-9-4-5-10(11)8(7-9)3-2-6-12/h4-5,7H,6,12H2,1H3. The molecule has 0 radical (unpaired) electrons. The van der Waals surface area contributed by atoms with Gasteiger partial charge in [-0.15, -0.1) is 0 Å². The van der Waals surface area contributed by atoms with Crippen molar-refractivity contribution in [2.24, 2.45) is 5.73 Å². The maximum atomic E-state index is 5.89. The van der Waals surface area contributed by atoms with Gasteiger partial charge in [-0.1, -0.05) is 23.4 Å². The van der Waals surface area contributed by atoms with E-state index in [4.69, 9.17) is 22.1 Å². The van der Waals surface area contributed by atoms with Crippen LogP contribution in [0, 0.1) is 11.8 Å². The van der Waals surface area contributed by atoms with Gasteiger partial charge in [-0.2, -0.15) is 0 Å². The Bertz CT molecular complexity index is 352. The van der Waals surface area contributed by atoms with E-state index in [2.05, 4.69) is 11.8 Å². The van der Waals surface area contributed by atoms with Gasteiger partial charge in [0.05, 0.1) is 18.7 Å². The van der Waals surface area contributed by atoms with Crippen LogP contribution in [0.15, 0.2) is 18.2 Å². The quantitative estimate of drug-likeness (QED) is 0.692. The molecule has 68 valence electrons. The van der Waals surface area contributed by atoms with Gasteiger partial charge in [-0.25, -0.2) is 0 Å². The number of ether oxygens (including phenoxy) is 1. The monoisotopic (exact) mass is 195 g/mol. The van der Waals surface area contributed by atoms with Gasteiger partial charge >= 0.3 is 0 Å². The van der Waals surface area contributed by atoms with Gasteiger partial charge in [-0.3, -0.25) is 0 Å². The van der Waals surface area contributed by atoms with Gasteiger partial charge in [0, 0.05) is 5.56 Å². The van der Waals surface area contributed by atoms with E-state index >= 15 is 0 Å². The van der Waals surface area contributed by atoms with Gasteiger partial charge in [0.1, 0.15) is 5.75 Å². The Morgan fingerprint density at radius 3 is 2.92 bits per heavy atom. The summed E-state index contributed by atoms with van der Waals surface area (Å²) in [7, 11) is 1.60. The number of benzene rings is 1. The van der Waals surface area contributed by atoms with E-state index in [9.17, 15) is 0 Å². The van der Waals surface area contributed by atoms with E-state index in [1.807, 2.05) is 0 Å². The second-order valence-corrected chi connectivity index (χ2v) is 2.76. The van der Waals surface area contributed by atoms with E-state index in [1.165, 1.54) is 0 Å². The molecule has 0 aliphatic carbocycles. The molecular weight excluding hydrogens is 186 g/mol. The first-order valence-corrected chi connectivity index (χ1v) is 4.18. The van der Waals surface area contributed by atoms with Crippen LogP contribution in [0.5, 0.6) is 5.75 Å². The Balaban J connectivity index is 3.04. The lowest BCUT2D eigenvalue weighted by atomic mass is 10.2. The second-order valence-electron chi connectivity index (χ2n) is 2.35. The minimum Gasteiger partial charge on any atom is -0.497 e. The summed E-state index contributed by atoms with van der Waals surface area (Å²) >= 11 is 5.89. The van der Waals surface area contributed by atoms with Crippen molar-refractivity contribution in [2.75, 3.05) is 13.7 Å². The SMILES string of the molecule is COc1ccc(Cl)c(C#CCN)c1. The summed E-state index contributed by atoms with van der Waals surface area (Å²) in [4.78, 5) is 0. The van der Waals surface area contributed by atoms with Crippen molar-refractivity contribution in [3.63, 3.8) is 0 Å². The van der Waals surface area contributed by atoms with Gasteiger partial charge in [0.2, 0.25) is 0 Å². The number of hydrogen-bond donors (Lipinski definition) is 1. The van der Waals surface area contributed by atoms with Gasteiger partial charge in [-0.05, 0) is 18.2 Å². The minimum absolute atomic E-state index is 0.327. The van der Waals surface area contributed by atoms with Crippen molar-refractivity contribution < 1.29 is 4.74 Å². The zero-order chi connectivity index (χ0) is 9.68. The Kier molecular flexibility index (Phi) is 3.63. The number of nitrogens with two attached hydrogens (primary N) is 1. The molecule has 1 aromatic carbocycles. The molecule has 0 fully saturated rings. The maximum Gasteiger partial charge on any atom is 0.120 e. The lowest BCUT2D eigenvalue weighted by molar-refractivity contribution is 0.414. The topological polar surface area (TPSA) is 35.2 Å². The lowest BCUT2D eigenvalue weighted by Crippen LogP contribution is -1.93. The number of hydrogen-bond acceptors (Lipinski definition) is 2. The highest BCUT2D eigenvalue weighted by atomic mass is 35.5. The molecule has 2 nitrogen and oxygen atoms in total. The summed E-state index contributed by atoms with van der Waals surface area (Å²) < 4.78 is 5.03. The molecule has 0 spiro atoms. The number of rotatable bonds is 1. The highest BCUT2D eigenvalue weighted by Gasteiger charge is 1.98. The van der Waals surface area contributed by atoms with Crippen LogP contribution in [0.1, 0.15) is 5.56 Å². The summed E-state index contributed by atoms with van der Waals surface area (Å²) in [6.45, 7) is 0.327. The molecule has 0 amide bonds. The normalized spacial score (nSPS) is 8.85. The average Bonchev–Trinajstić information content (AvgIpc) is 2.17. The molecule has 0 unspecified atom stereocenters. The molecule has 1 rings (SSSR count). The van der Waals surface area contributed by atoms with Crippen LogP contribution in [-0.2, 0) is 0 Å². The first-order chi connectivity index (χ1) is 6.27. The van der Waals surface area contributed by atoms with Crippen LogP contribution in [0.25, 0.3) is 0 Å². The van der Waals surface area contributed by atoms with E-state index in [0.29, 0.717) is 11.6 Å². The fourth-order valence-electron chi connectivity index (χ4n) is 0.873. The summed E-state index contributed by atoms with van der Waals surface area (Å²) in [5, 5.41) is 0.613. The van der Waals surface area contributed by atoms with Gasteiger partial charge in [0.25, 0.3) is 0 Å². The zero-order valence-corrected chi connectivity index (χ0v) is 8.06. The lowest BCUT2D eigenvalue weighted by Gasteiger charge is -2.00. The van der Waals surface area contributed by atoms with Crippen LogP contribution in [0.4, 0.5) is 0 Å². The zero-order valence-electron chi connectivity index (χ0n) is 7.30. The molecule has 13 heavy (non-hydrogen) atoms. The summed E-state index contributed by atoms with van der Waals surface area (Å²) in [6, 6.07) is 5.32. The third-order valence-electron chi connectivity index (χ3n) is 1.50. The molecule has 0 saturated carbocycles. The molecule has 3 heteroatoms. The van der Waals surface area contributed by atoms with Crippen molar-refractivity contribution in [3.05, 3.63) is 28.8 Å². The van der Waals surface area contributed by atoms with Crippen LogP contribution in [0.2, 0.25) is 5.02 Å². The first-order valence-electron chi connectivity index (χ1n) is 3.80. The molecule has 0 aliphatic rings. The van der Waals surface area contributed by atoms with E-state index in [0.717, 1.165) is 11.3 Å². The molecule has 0 heterocycles. The van der Waals surface area contributed by atoms with Crippen molar-refractivity contribution in [3.8, 4) is 17.6 Å². The van der Waals surface area contributed by atoms with E-state index < -0.39 is 0 Å². The molecule has 1 aromatic rings. The maximum absolute atomic E-state index is 5.89. The summed E-state index contributed by atoms with van der Waals surface area (Å²) in [5.74, 6) is 6.34. The summed E-state index contributed by atoms with van der Waals surface area (Å²) in [5.41, 5.74) is 5.99. The molecule has 0 aliphatic heterocycles. The predicted molar refractivity (Wildman–Crippen MR) is 53.9 cm³/mol. The fraction of sp³-hybridized carbons (Fsp3) is 0.200. The number of methoxy groups -OCH3 is 1. The first kappa shape index (κ1) is 9.91. The molecule has 0 bridgehead atoms. The fourth-order valence-corrected chi connectivity index (χ4v) is 1.04. The van der Waals surface area contributed by atoms with Crippen LogP contribution in [-0.4, -0.2) is 13.7 Å². The average molecular weight is 196 g/mol. The molecule has 0 saturated heterocycles.